The molecule has 0 fully saturated rings. The van der Waals surface area contributed by atoms with E-state index >= 15 is 0 Å². The van der Waals surface area contributed by atoms with Crippen LogP contribution in [0.4, 0.5) is 4.79 Å². The molecule has 210 valence electrons. The molecule has 9 heteroatoms. The summed E-state index contributed by atoms with van der Waals surface area (Å²) in [4.78, 5) is 23.3. The number of carbonyl (C=O) groups is 2. The van der Waals surface area contributed by atoms with Crippen molar-refractivity contribution >= 4 is 33.6 Å². The first-order valence-corrected chi connectivity index (χ1v) is 15.5. The Kier molecular flexibility index (Phi) is 27.1. The molecule has 0 aromatic carbocycles. The molecule has 0 aliphatic heterocycles. The molecule has 0 saturated heterocycles. The van der Waals surface area contributed by atoms with Gasteiger partial charge in [-0.3, -0.25) is 4.79 Å². The van der Waals surface area contributed by atoms with Crippen LogP contribution in [0.3, 0.4) is 0 Å². The Hall–Kier alpha value is -1.94. The lowest BCUT2D eigenvalue weighted by molar-refractivity contribution is -0.121. The van der Waals surface area contributed by atoms with Gasteiger partial charge in [0, 0.05) is 31.0 Å². The van der Waals surface area contributed by atoms with Crippen LogP contribution >= 0.6 is 21.6 Å². The summed E-state index contributed by atoms with van der Waals surface area (Å²) in [6.07, 6.45) is 27.5. The number of alkyl carbamates (subject to hydrolysis) is 1. The van der Waals surface area contributed by atoms with Gasteiger partial charge in [0.2, 0.25) is 5.91 Å². The summed E-state index contributed by atoms with van der Waals surface area (Å²) in [7, 11) is 3.21. The number of aliphatic hydroxyl groups is 2. The van der Waals surface area contributed by atoms with Crippen molar-refractivity contribution in [1.29, 1.82) is 0 Å². The normalized spacial score (nSPS) is 12.2. The summed E-state index contributed by atoms with van der Waals surface area (Å²) >= 11 is 0. The minimum absolute atomic E-state index is 0.0738. The molecule has 0 radical (unpaired) electrons. The molecule has 0 aliphatic rings. The molecular formula is C28H46N2O5S2. The van der Waals surface area contributed by atoms with Crippen molar-refractivity contribution in [2.45, 2.75) is 64.4 Å². The second kappa shape index (κ2) is 28.6. The highest BCUT2D eigenvalue weighted by Crippen LogP contribution is 2.19. The van der Waals surface area contributed by atoms with Crippen molar-refractivity contribution in [3.8, 4) is 0 Å². The number of amides is 2. The first kappa shape index (κ1) is 35.1. The molecule has 0 spiro atoms. The third-order valence-electron chi connectivity index (χ3n) is 4.66. The van der Waals surface area contributed by atoms with Gasteiger partial charge in [0.25, 0.3) is 0 Å². The van der Waals surface area contributed by atoms with E-state index in [1.54, 1.807) is 21.6 Å². The summed E-state index contributed by atoms with van der Waals surface area (Å²) in [6, 6.07) is 0. The smallest absolute Gasteiger partial charge is 0.407 e. The molecule has 0 bridgehead atoms. The highest BCUT2D eigenvalue weighted by atomic mass is 33.1. The molecule has 0 rings (SSSR count). The second-order valence-electron chi connectivity index (χ2n) is 7.91. The minimum Gasteiger partial charge on any atom is -0.441 e. The number of allylic oxidation sites excluding steroid dienone is 10. The summed E-state index contributed by atoms with van der Waals surface area (Å²) < 4.78 is 4.79. The van der Waals surface area contributed by atoms with E-state index in [0.29, 0.717) is 25.3 Å². The zero-order chi connectivity index (χ0) is 27.2. The standard InChI is InChI=1S/C28H46N2O5S2/c1-2-3-4-5-6-7-8-9-10-11-12-13-14-15-16-17-18-19-27(33)29-20-22-36-37-23-21-30-28(34)35-26(24-31)25-32/h3-4,6-7,9-10,12-13,15-16,26,31-32H,2,5,8,11,14,17-25H2,1H3,(H,29,33)(H,30,34)/b4-3-,7-6-,10-9-,13-12-,16-15-. The van der Waals surface area contributed by atoms with Gasteiger partial charge in [0.15, 0.2) is 0 Å². The lowest BCUT2D eigenvalue weighted by Gasteiger charge is -2.13. The first-order chi connectivity index (χ1) is 18.1. The van der Waals surface area contributed by atoms with Crippen molar-refractivity contribution in [2.24, 2.45) is 0 Å². The fourth-order valence-electron chi connectivity index (χ4n) is 2.71. The monoisotopic (exact) mass is 554 g/mol. The molecular weight excluding hydrogens is 508 g/mol. The van der Waals surface area contributed by atoms with Crippen LogP contribution in [0.15, 0.2) is 60.8 Å². The van der Waals surface area contributed by atoms with Gasteiger partial charge in [-0.15, -0.1) is 0 Å². The quantitative estimate of drug-likeness (QED) is 0.0752. The van der Waals surface area contributed by atoms with E-state index in [4.69, 9.17) is 14.9 Å². The summed E-state index contributed by atoms with van der Waals surface area (Å²) in [5, 5.41) is 23.2. The first-order valence-electron chi connectivity index (χ1n) is 13.1. The van der Waals surface area contributed by atoms with Crippen LogP contribution in [0.25, 0.3) is 0 Å². The van der Waals surface area contributed by atoms with Crippen LogP contribution in [-0.4, -0.2) is 66.1 Å². The molecule has 7 nitrogen and oxygen atoms in total. The molecule has 4 N–H and O–H groups in total. The maximum absolute atomic E-state index is 11.9. The van der Waals surface area contributed by atoms with Crippen molar-refractivity contribution < 1.29 is 24.5 Å². The second-order valence-corrected chi connectivity index (χ2v) is 10.6. The zero-order valence-corrected chi connectivity index (χ0v) is 23.8. The summed E-state index contributed by atoms with van der Waals surface area (Å²) in [5.41, 5.74) is 0. The van der Waals surface area contributed by atoms with Gasteiger partial charge in [-0.2, -0.15) is 0 Å². The molecule has 0 atom stereocenters. The van der Waals surface area contributed by atoms with Crippen molar-refractivity contribution in [1.82, 2.24) is 10.6 Å². The van der Waals surface area contributed by atoms with Gasteiger partial charge < -0.3 is 25.6 Å². The third-order valence-corrected chi connectivity index (χ3v) is 7.07. The molecule has 0 saturated carbocycles. The maximum atomic E-state index is 11.9. The molecule has 0 unspecified atom stereocenters. The van der Waals surface area contributed by atoms with Crippen molar-refractivity contribution in [3.05, 3.63) is 60.8 Å². The van der Waals surface area contributed by atoms with Crippen molar-refractivity contribution in [3.63, 3.8) is 0 Å². The lowest BCUT2D eigenvalue weighted by atomic mass is 10.2. The van der Waals surface area contributed by atoms with Gasteiger partial charge in [0.1, 0.15) is 6.10 Å². The molecule has 37 heavy (non-hydrogen) atoms. The fourth-order valence-corrected chi connectivity index (χ4v) is 4.52. The number of rotatable bonds is 23. The predicted molar refractivity (Wildman–Crippen MR) is 159 cm³/mol. The number of aliphatic hydroxyl groups excluding tert-OH is 2. The molecule has 0 heterocycles. The number of hydrogen-bond donors (Lipinski definition) is 4. The Morgan fingerprint density at radius 1 is 0.757 bits per heavy atom. The topological polar surface area (TPSA) is 108 Å². The van der Waals surface area contributed by atoms with E-state index in [0.717, 1.165) is 50.7 Å². The van der Waals surface area contributed by atoms with Crippen LogP contribution in [0.1, 0.15) is 58.3 Å². The van der Waals surface area contributed by atoms with Gasteiger partial charge in [-0.05, 0) is 44.9 Å². The average molecular weight is 555 g/mol. The molecule has 0 aliphatic carbocycles. The van der Waals surface area contributed by atoms with E-state index in [1.807, 2.05) is 0 Å². The van der Waals surface area contributed by atoms with Crippen LogP contribution < -0.4 is 10.6 Å². The van der Waals surface area contributed by atoms with Crippen LogP contribution in [-0.2, 0) is 9.53 Å². The van der Waals surface area contributed by atoms with Gasteiger partial charge in [-0.25, -0.2) is 4.79 Å². The zero-order valence-electron chi connectivity index (χ0n) is 22.2. The summed E-state index contributed by atoms with van der Waals surface area (Å²) in [5.74, 6) is 1.54. The van der Waals surface area contributed by atoms with Crippen LogP contribution in [0, 0.1) is 0 Å². The molecule has 0 aromatic heterocycles. The largest absolute Gasteiger partial charge is 0.441 e. The number of hydrogen-bond acceptors (Lipinski definition) is 7. The highest BCUT2D eigenvalue weighted by molar-refractivity contribution is 8.76. The highest BCUT2D eigenvalue weighted by Gasteiger charge is 2.11. The van der Waals surface area contributed by atoms with Gasteiger partial charge >= 0.3 is 6.09 Å². The van der Waals surface area contributed by atoms with Gasteiger partial charge in [-0.1, -0.05) is 89.3 Å². The van der Waals surface area contributed by atoms with Crippen molar-refractivity contribution in [2.75, 3.05) is 37.8 Å². The fraction of sp³-hybridized carbons (Fsp3) is 0.571. The SMILES string of the molecule is CC/C=C\C/C=C\C/C=C\C/C=C\C/C=C\CCCC(=O)NCCSSCCNC(=O)OC(CO)CO. The lowest BCUT2D eigenvalue weighted by Crippen LogP contribution is -2.33. The third kappa shape index (κ3) is 26.9. The van der Waals surface area contributed by atoms with E-state index in [9.17, 15) is 9.59 Å². The Morgan fingerprint density at radius 2 is 1.24 bits per heavy atom. The van der Waals surface area contributed by atoms with E-state index < -0.39 is 25.4 Å². The van der Waals surface area contributed by atoms with Gasteiger partial charge in [0.05, 0.1) is 13.2 Å². The maximum Gasteiger partial charge on any atom is 0.407 e. The summed E-state index contributed by atoms with van der Waals surface area (Å²) in [6.45, 7) is 2.35. The average Bonchev–Trinajstić information content (AvgIpc) is 2.90. The number of nitrogens with one attached hydrogen (secondary N) is 2. The number of ether oxygens (including phenoxy) is 1. The van der Waals surface area contributed by atoms with Crippen LogP contribution in [0.5, 0.6) is 0 Å². The Bertz CT molecular complexity index is 705. The van der Waals surface area contributed by atoms with E-state index in [1.165, 1.54) is 0 Å². The Morgan fingerprint density at radius 3 is 1.76 bits per heavy atom. The Labute approximate surface area is 231 Å². The number of unbranched alkanes of at least 4 members (excludes halogenated alkanes) is 1. The van der Waals surface area contributed by atoms with E-state index in [2.05, 4.69) is 78.3 Å². The predicted octanol–water partition coefficient (Wildman–Crippen LogP) is 5.49. The number of carbonyl (C=O) groups excluding carboxylic acids is 2. The van der Waals surface area contributed by atoms with Crippen LogP contribution in [0.2, 0.25) is 0 Å². The molecule has 2 amide bonds. The molecule has 0 aromatic rings. The van der Waals surface area contributed by atoms with E-state index in [-0.39, 0.29) is 5.91 Å². The Balaban J connectivity index is 3.51. The minimum atomic E-state index is -0.891.